The molecule has 2 rings (SSSR count). The lowest BCUT2D eigenvalue weighted by Crippen LogP contribution is -2.08. The van der Waals surface area contributed by atoms with Crippen molar-refractivity contribution in [2.75, 3.05) is 0 Å². The number of alkyl halides is 3. The van der Waals surface area contributed by atoms with Gasteiger partial charge in [0.25, 0.3) is 0 Å². The second-order valence-electron chi connectivity index (χ2n) is 3.56. The number of rotatable bonds is 0. The molecule has 0 aliphatic heterocycles. The van der Waals surface area contributed by atoms with Crippen LogP contribution in [0, 0.1) is 6.92 Å². The summed E-state index contributed by atoms with van der Waals surface area (Å²) in [6.45, 7) is 1.69. The standard InChI is InChI=1S/C10H8BrF3N2/c1-5-7-3-6(11)4-8(10(12,13)14)9(7)16(2)15-5/h3-4H,1-2H3. The minimum absolute atomic E-state index is 0.119. The smallest absolute Gasteiger partial charge is 0.267 e. The Morgan fingerprint density at radius 2 is 1.94 bits per heavy atom. The zero-order valence-corrected chi connectivity index (χ0v) is 10.1. The first-order valence-corrected chi connectivity index (χ1v) is 5.30. The van der Waals surface area contributed by atoms with Gasteiger partial charge in [-0.3, -0.25) is 4.68 Å². The third-order valence-electron chi connectivity index (χ3n) is 2.39. The molecule has 0 saturated heterocycles. The van der Waals surface area contributed by atoms with Crippen molar-refractivity contribution >= 4 is 26.8 Å². The van der Waals surface area contributed by atoms with Crippen LogP contribution in [0.3, 0.4) is 0 Å². The van der Waals surface area contributed by atoms with Crippen LogP contribution in [0.4, 0.5) is 13.2 Å². The Labute approximate surface area is 98.2 Å². The molecule has 1 heterocycles. The van der Waals surface area contributed by atoms with Gasteiger partial charge in [0, 0.05) is 16.9 Å². The lowest BCUT2D eigenvalue weighted by atomic mass is 10.1. The molecule has 0 fully saturated rings. The maximum atomic E-state index is 12.8. The Morgan fingerprint density at radius 1 is 1.31 bits per heavy atom. The maximum Gasteiger partial charge on any atom is 0.418 e. The van der Waals surface area contributed by atoms with E-state index in [4.69, 9.17) is 0 Å². The topological polar surface area (TPSA) is 17.8 Å². The molecule has 2 nitrogen and oxygen atoms in total. The maximum absolute atomic E-state index is 12.8. The van der Waals surface area contributed by atoms with Gasteiger partial charge in [-0.25, -0.2) is 0 Å². The minimum atomic E-state index is -4.37. The molecule has 0 radical (unpaired) electrons. The van der Waals surface area contributed by atoms with Crippen molar-refractivity contribution in [3.05, 3.63) is 27.9 Å². The van der Waals surface area contributed by atoms with Gasteiger partial charge in [0.1, 0.15) is 0 Å². The van der Waals surface area contributed by atoms with E-state index in [1.807, 2.05) is 0 Å². The van der Waals surface area contributed by atoms with E-state index in [1.165, 1.54) is 11.7 Å². The van der Waals surface area contributed by atoms with Crippen LogP contribution in [0.5, 0.6) is 0 Å². The van der Waals surface area contributed by atoms with Crippen LogP contribution in [0.2, 0.25) is 0 Å². The van der Waals surface area contributed by atoms with E-state index in [9.17, 15) is 13.2 Å². The molecule has 1 aromatic heterocycles. The first kappa shape index (κ1) is 11.4. The number of aromatic nitrogens is 2. The fourth-order valence-corrected chi connectivity index (χ4v) is 2.23. The molecule has 16 heavy (non-hydrogen) atoms. The minimum Gasteiger partial charge on any atom is -0.267 e. The number of hydrogen-bond acceptors (Lipinski definition) is 1. The summed E-state index contributed by atoms with van der Waals surface area (Å²) < 4.78 is 40.1. The number of nitrogens with zero attached hydrogens (tertiary/aromatic N) is 2. The number of benzene rings is 1. The number of hydrogen-bond donors (Lipinski definition) is 0. The summed E-state index contributed by atoms with van der Waals surface area (Å²) in [5.74, 6) is 0. The van der Waals surface area contributed by atoms with Crippen LogP contribution in [0.25, 0.3) is 10.9 Å². The van der Waals surface area contributed by atoms with Crippen molar-refractivity contribution < 1.29 is 13.2 Å². The van der Waals surface area contributed by atoms with E-state index in [1.54, 1.807) is 13.0 Å². The summed E-state index contributed by atoms with van der Waals surface area (Å²) in [6, 6.07) is 2.72. The highest BCUT2D eigenvalue weighted by atomic mass is 79.9. The summed E-state index contributed by atoms with van der Waals surface area (Å²) in [7, 11) is 1.51. The van der Waals surface area contributed by atoms with Crippen molar-refractivity contribution in [1.82, 2.24) is 9.78 Å². The molecule has 0 spiro atoms. The second-order valence-corrected chi connectivity index (χ2v) is 4.47. The highest BCUT2D eigenvalue weighted by Crippen LogP contribution is 2.37. The normalized spacial score (nSPS) is 12.4. The van der Waals surface area contributed by atoms with Gasteiger partial charge in [-0.15, -0.1) is 0 Å². The fraction of sp³-hybridized carbons (Fsp3) is 0.300. The summed E-state index contributed by atoms with van der Waals surface area (Å²) in [5, 5.41) is 4.52. The largest absolute Gasteiger partial charge is 0.418 e. The van der Waals surface area contributed by atoms with E-state index >= 15 is 0 Å². The van der Waals surface area contributed by atoms with Crippen molar-refractivity contribution in [2.24, 2.45) is 7.05 Å². The van der Waals surface area contributed by atoms with Gasteiger partial charge in [-0.2, -0.15) is 18.3 Å². The lowest BCUT2D eigenvalue weighted by Gasteiger charge is -2.09. The predicted molar refractivity (Wildman–Crippen MR) is 58.2 cm³/mol. The average molecular weight is 293 g/mol. The lowest BCUT2D eigenvalue weighted by molar-refractivity contribution is -0.136. The van der Waals surface area contributed by atoms with Crippen molar-refractivity contribution in [1.29, 1.82) is 0 Å². The second kappa shape index (κ2) is 3.48. The molecule has 86 valence electrons. The van der Waals surface area contributed by atoms with Crippen molar-refractivity contribution in [2.45, 2.75) is 13.1 Å². The summed E-state index contributed by atoms with van der Waals surface area (Å²) >= 11 is 3.08. The van der Waals surface area contributed by atoms with E-state index in [0.29, 0.717) is 15.6 Å². The Bertz CT molecular complexity index is 557. The quantitative estimate of drug-likeness (QED) is 0.724. The number of halogens is 4. The van der Waals surface area contributed by atoms with Gasteiger partial charge in [-0.1, -0.05) is 15.9 Å². The first-order chi connectivity index (χ1) is 7.30. The van der Waals surface area contributed by atoms with Crippen LogP contribution in [0.15, 0.2) is 16.6 Å². The van der Waals surface area contributed by atoms with Crippen LogP contribution in [0.1, 0.15) is 11.3 Å². The average Bonchev–Trinajstić information content (AvgIpc) is 2.40. The highest BCUT2D eigenvalue weighted by molar-refractivity contribution is 9.10. The van der Waals surface area contributed by atoms with E-state index < -0.39 is 11.7 Å². The van der Waals surface area contributed by atoms with Gasteiger partial charge in [-0.05, 0) is 19.1 Å². The molecule has 6 heteroatoms. The Morgan fingerprint density at radius 3 is 2.50 bits per heavy atom. The predicted octanol–water partition coefficient (Wildman–Crippen LogP) is 3.66. The van der Waals surface area contributed by atoms with Gasteiger partial charge >= 0.3 is 6.18 Å². The van der Waals surface area contributed by atoms with Crippen molar-refractivity contribution in [3.63, 3.8) is 0 Å². The molecule has 1 aromatic carbocycles. The monoisotopic (exact) mass is 292 g/mol. The Balaban J connectivity index is 2.92. The Kier molecular flexibility index (Phi) is 2.49. The summed E-state index contributed by atoms with van der Waals surface area (Å²) in [5.41, 5.74) is 0.0393. The zero-order valence-electron chi connectivity index (χ0n) is 8.56. The summed E-state index contributed by atoms with van der Waals surface area (Å²) in [4.78, 5) is 0. The molecule has 0 saturated carbocycles. The van der Waals surface area contributed by atoms with Gasteiger partial charge < -0.3 is 0 Å². The molecule has 0 unspecified atom stereocenters. The molecule has 0 aliphatic rings. The zero-order chi connectivity index (χ0) is 12.1. The molecule has 2 aromatic rings. The molecule has 0 aliphatic carbocycles. The van der Waals surface area contributed by atoms with Gasteiger partial charge in [0.2, 0.25) is 0 Å². The van der Waals surface area contributed by atoms with Gasteiger partial charge in [0.05, 0.1) is 16.8 Å². The molecule has 0 bridgehead atoms. The van der Waals surface area contributed by atoms with Crippen LogP contribution in [-0.2, 0) is 13.2 Å². The highest BCUT2D eigenvalue weighted by Gasteiger charge is 2.34. The number of aryl methyl sites for hydroxylation is 2. The third-order valence-corrected chi connectivity index (χ3v) is 2.85. The molecular formula is C10H8BrF3N2. The molecular weight excluding hydrogens is 285 g/mol. The SMILES string of the molecule is Cc1nn(C)c2c(C(F)(F)F)cc(Br)cc12. The number of fused-ring (bicyclic) bond motifs is 1. The summed E-state index contributed by atoms with van der Waals surface area (Å²) in [6.07, 6.45) is -4.37. The van der Waals surface area contributed by atoms with Crippen LogP contribution < -0.4 is 0 Å². The molecule has 0 atom stereocenters. The van der Waals surface area contributed by atoms with E-state index in [0.717, 1.165) is 6.07 Å². The Hall–Kier alpha value is -1.04. The molecule has 0 amide bonds. The molecule has 0 N–H and O–H groups in total. The van der Waals surface area contributed by atoms with E-state index in [2.05, 4.69) is 21.0 Å². The van der Waals surface area contributed by atoms with E-state index in [-0.39, 0.29) is 5.52 Å². The van der Waals surface area contributed by atoms with Crippen LogP contribution in [-0.4, -0.2) is 9.78 Å². The fourth-order valence-electron chi connectivity index (χ4n) is 1.77. The van der Waals surface area contributed by atoms with Crippen LogP contribution >= 0.6 is 15.9 Å². The third kappa shape index (κ3) is 1.71. The van der Waals surface area contributed by atoms with Crippen molar-refractivity contribution in [3.8, 4) is 0 Å². The van der Waals surface area contributed by atoms with Gasteiger partial charge in [0.15, 0.2) is 0 Å². The first-order valence-electron chi connectivity index (χ1n) is 4.51.